The third kappa shape index (κ3) is 4.91. The zero-order valence-electron chi connectivity index (χ0n) is 5.98. The van der Waals surface area contributed by atoms with Gasteiger partial charge in [0.2, 0.25) is 5.91 Å². The van der Waals surface area contributed by atoms with Crippen LogP contribution in [0.2, 0.25) is 0 Å². The minimum absolute atomic E-state index is 0.0229. The second-order valence-corrected chi connectivity index (χ2v) is 1.74. The fraction of sp³-hybridized carbons (Fsp3) is 0.667. The molecule has 0 aromatic heterocycles. The van der Waals surface area contributed by atoms with E-state index >= 15 is 0 Å². The molecule has 0 aromatic carbocycles. The third-order valence-corrected chi connectivity index (χ3v) is 0.930. The van der Waals surface area contributed by atoms with Crippen LogP contribution in [0.5, 0.6) is 0 Å². The molecule has 0 aliphatic heterocycles. The van der Waals surface area contributed by atoms with Crippen molar-refractivity contribution in [2.24, 2.45) is 0 Å². The quantitative estimate of drug-likeness (QED) is 0.317. The predicted molar refractivity (Wildman–Crippen MR) is 36.9 cm³/mol. The molecule has 10 heavy (non-hydrogen) atoms. The Hall–Kier alpha value is -1.24. The Morgan fingerprint density at radius 3 is 2.90 bits per heavy atom. The van der Waals surface area contributed by atoms with E-state index in [1.165, 1.54) is 0 Å². The molecule has 4 heteroatoms. The van der Waals surface area contributed by atoms with Crippen molar-refractivity contribution in [1.82, 2.24) is 10.6 Å². The second kappa shape index (κ2) is 5.89. The Balaban J connectivity index is 3.15. The second-order valence-electron chi connectivity index (χ2n) is 1.74. The Morgan fingerprint density at radius 1 is 1.70 bits per heavy atom. The molecule has 4 nitrogen and oxygen atoms in total. The molecule has 0 saturated heterocycles. The van der Waals surface area contributed by atoms with Crippen LogP contribution < -0.4 is 10.6 Å². The van der Waals surface area contributed by atoms with Crippen LogP contribution in [0, 0.1) is 11.5 Å². The van der Waals surface area contributed by atoms with Gasteiger partial charge in [-0.2, -0.15) is 5.26 Å². The van der Waals surface area contributed by atoms with Crippen molar-refractivity contribution in [1.29, 1.82) is 5.26 Å². The van der Waals surface area contributed by atoms with Gasteiger partial charge in [0.25, 0.3) is 0 Å². The van der Waals surface area contributed by atoms with Gasteiger partial charge in [-0.05, 0) is 6.92 Å². The smallest absolute Gasteiger partial charge is 0.221 e. The standard InChI is InChI=1S/C6H11N3O/c1-2-9-6(10)3-4-8-5-7/h8H,2-4H2,1H3,(H,9,10). The first kappa shape index (κ1) is 8.76. The van der Waals surface area contributed by atoms with Crippen LogP contribution in [0.15, 0.2) is 0 Å². The van der Waals surface area contributed by atoms with Crippen molar-refractivity contribution in [2.75, 3.05) is 13.1 Å². The lowest BCUT2D eigenvalue weighted by molar-refractivity contribution is -0.120. The molecule has 0 heterocycles. The van der Waals surface area contributed by atoms with E-state index in [-0.39, 0.29) is 5.91 Å². The molecular weight excluding hydrogens is 130 g/mol. The van der Waals surface area contributed by atoms with Crippen molar-refractivity contribution in [3.05, 3.63) is 0 Å². The fourth-order valence-corrected chi connectivity index (χ4v) is 0.517. The van der Waals surface area contributed by atoms with E-state index in [1.807, 2.05) is 6.92 Å². The maximum atomic E-state index is 10.7. The molecule has 0 rings (SSSR count). The van der Waals surface area contributed by atoms with Gasteiger partial charge in [-0.1, -0.05) is 0 Å². The fourth-order valence-electron chi connectivity index (χ4n) is 0.517. The number of nitrogens with zero attached hydrogens (tertiary/aromatic N) is 1. The first-order valence-electron chi connectivity index (χ1n) is 3.20. The predicted octanol–water partition coefficient (Wildman–Crippen LogP) is -0.417. The lowest BCUT2D eigenvalue weighted by atomic mass is 10.4. The van der Waals surface area contributed by atoms with Gasteiger partial charge in [0, 0.05) is 19.5 Å². The van der Waals surface area contributed by atoms with Crippen LogP contribution in [0.1, 0.15) is 13.3 Å². The summed E-state index contributed by atoms with van der Waals surface area (Å²) in [6.45, 7) is 2.92. The Morgan fingerprint density at radius 2 is 2.40 bits per heavy atom. The van der Waals surface area contributed by atoms with Gasteiger partial charge >= 0.3 is 0 Å². The van der Waals surface area contributed by atoms with Gasteiger partial charge in [0.05, 0.1) is 0 Å². The van der Waals surface area contributed by atoms with Gasteiger partial charge in [0.1, 0.15) is 0 Å². The molecule has 2 N–H and O–H groups in total. The number of rotatable bonds is 4. The number of carbonyl (C=O) groups excluding carboxylic acids is 1. The minimum Gasteiger partial charge on any atom is -0.356 e. The van der Waals surface area contributed by atoms with Crippen molar-refractivity contribution >= 4 is 5.91 Å². The number of nitrogens with one attached hydrogen (secondary N) is 2. The average molecular weight is 141 g/mol. The molecule has 0 radical (unpaired) electrons. The molecule has 56 valence electrons. The minimum atomic E-state index is -0.0229. The van der Waals surface area contributed by atoms with Gasteiger partial charge in [0.15, 0.2) is 6.19 Å². The van der Waals surface area contributed by atoms with E-state index in [0.29, 0.717) is 19.5 Å². The summed E-state index contributed by atoms with van der Waals surface area (Å²) in [6.07, 6.45) is 2.10. The first-order chi connectivity index (χ1) is 4.81. The highest BCUT2D eigenvalue weighted by molar-refractivity contribution is 5.75. The van der Waals surface area contributed by atoms with Crippen molar-refractivity contribution in [3.63, 3.8) is 0 Å². The van der Waals surface area contributed by atoms with Crippen molar-refractivity contribution in [3.8, 4) is 6.19 Å². The summed E-state index contributed by atoms with van der Waals surface area (Å²) in [7, 11) is 0. The van der Waals surface area contributed by atoms with E-state index in [0.717, 1.165) is 0 Å². The zero-order chi connectivity index (χ0) is 7.82. The molecule has 0 aliphatic carbocycles. The van der Waals surface area contributed by atoms with Crippen LogP contribution >= 0.6 is 0 Å². The normalized spacial score (nSPS) is 8.00. The van der Waals surface area contributed by atoms with Crippen molar-refractivity contribution < 1.29 is 4.79 Å². The molecule has 0 spiro atoms. The number of nitriles is 1. The van der Waals surface area contributed by atoms with Gasteiger partial charge in [-0.15, -0.1) is 0 Å². The Labute approximate surface area is 60.2 Å². The van der Waals surface area contributed by atoms with E-state index in [4.69, 9.17) is 5.26 Å². The zero-order valence-corrected chi connectivity index (χ0v) is 5.98. The molecular formula is C6H11N3O. The van der Waals surface area contributed by atoms with E-state index in [1.54, 1.807) is 6.19 Å². The van der Waals surface area contributed by atoms with E-state index in [2.05, 4.69) is 10.6 Å². The molecule has 0 fully saturated rings. The molecule has 0 aliphatic rings. The van der Waals surface area contributed by atoms with Crippen LogP contribution in [-0.2, 0) is 4.79 Å². The molecule has 0 saturated carbocycles. The van der Waals surface area contributed by atoms with E-state index in [9.17, 15) is 4.79 Å². The molecule has 1 amide bonds. The topological polar surface area (TPSA) is 64.9 Å². The van der Waals surface area contributed by atoms with Crippen molar-refractivity contribution in [2.45, 2.75) is 13.3 Å². The highest BCUT2D eigenvalue weighted by Crippen LogP contribution is 1.74. The molecule has 0 bridgehead atoms. The van der Waals surface area contributed by atoms with Gasteiger partial charge in [-0.3, -0.25) is 4.79 Å². The maximum absolute atomic E-state index is 10.7. The average Bonchev–Trinajstić information content (AvgIpc) is 1.89. The Bertz CT molecular complexity index is 138. The van der Waals surface area contributed by atoms with Gasteiger partial charge < -0.3 is 10.6 Å². The number of hydrogen-bond acceptors (Lipinski definition) is 3. The monoisotopic (exact) mass is 141 g/mol. The highest BCUT2D eigenvalue weighted by atomic mass is 16.1. The molecule has 0 unspecified atom stereocenters. The van der Waals surface area contributed by atoms with Crippen LogP contribution in [-0.4, -0.2) is 19.0 Å². The number of carbonyl (C=O) groups is 1. The number of amides is 1. The summed E-state index contributed by atoms with van der Waals surface area (Å²) in [5.74, 6) is -0.0229. The highest BCUT2D eigenvalue weighted by Gasteiger charge is 1.95. The van der Waals surface area contributed by atoms with Crippen LogP contribution in [0.3, 0.4) is 0 Å². The number of hydrogen-bond donors (Lipinski definition) is 2. The summed E-state index contributed by atoms with van der Waals surface area (Å²) < 4.78 is 0. The van der Waals surface area contributed by atoms with E-state index < -0.39 is 0 Å². The van der Waals surface area contributed by atoms with Crippen LogP contribution in [0.25, 0.3) is 0 Å². The third-order valence-electron chi connectivity index (χ3n) is 0.930. The lowest BCUT2D eigenvalue weighted by Crippen LogP contribution is -2.25. The summed E-state index contributed by atoms with van der Waals surface area (Å²) in [5.41, 5.74) is 0. The summed E-state index contributed by atoms with van der Waals surface area (Å²) in [5, 5.41) is 13.0. The SMILES string of the molecule is CCNC(=O)CCNC#N. The summed E-state index contributed by atoms with van der Waals surface area (Å²) in [4.78, 5) is 10.7. The lowest BCUT2D eigenvalue weighted by Gasteiger charge is -1.98. The molecule has 0 atom stereocenters. The van der Waals surface area contributed by atoms with Crippen LogP contribution in [0.4, 0.5) is 0 Å². The largest absolute Gasteiger partial charge is 0.356 e. The summed E-state index contributed by atoms with van der Waals surface area (Å²) in [6, 6.07) is 0. The Kier molecular flexibility index (Phi) is 5.16. The van der Waals surface area contributed by atoms with Gasteiger partial charge in [-0.25, -0.2) is 0 Å². The maximum Gasteiger partial charge on any atom is 0.221 e. The first-order valence-corrected chi connectivity index (χ1v) is 3.20. The summed E-state index contributed by atoms with van der Waals surface area (Å²) >= 11 is 0. The molecule has 0 aromatic rings.